The molecule has 1 aromatic heterocycles. The first kappa shape index (κ1) is 20.8. The lowest BCUT2D eigenvalue weighted by molar-refractivity contribution is -0.00000695. The van der Waals surface area contributed by atoms with Crippen molar-refractivity contribution in [3.63, 3.8) is 0 Å². The summed E-state index contributed by atoms with van der Waals surface area (Å²) in [5.41, 5.74) is 2.89. The molecule has 3 aromatic rings. The van der Waals surface area contributed by atoms with E-state index in [1.165, 1.54) is 0 Å². The molecule has 0 spiro atoms. The fraction of sp³-hybridized carbons (Fsp3) is 0.318. The number of furan rings is 1. The number of methoxy groups -OCH3 is 1. The van der Waals surface area contributed by atoms with E-state index in [9.17, 15) is 0 Å². The van der Waals surface area contributed by atoms with Gasteiger partial charge in [-0.2, -0.15) is 0 Å². The highest BCUT2D eigenvalue weighted by Gasteiger charge is 2.19. The largest absolute Gasteiger partial charge is 1.00 e. The third-order valence-corrected chi connectivity index (χ3v) is 4.35. The zero-order chi connectivity index (χ0) is 18.7. The lowest BCUT2D eigenvalue weighted by atomic mass is 10.1. The number of fused-ring (bicyclic) bond motifs is 1. The number of hydrogen-bond acceptors (Lipinski definition) is 3. The minimum Gasteiger partial charge on any atom is -1.00 e. The number of ether oxygens (including phenoxy) is 2. The van der Waals surface area contributed by atoms with E-state index in [4.69, 9.17) is 18.3 Å². The Kier molecular flexibility index (Phi) is 6.92. The Morgan fingerprint density at radius 2 is 1.59 bits per heavy atom. The van der Waals surface area contributed by atoms with Gasteiger partial charge in [0, 0.05) is 6.92 Å². The molecule has 5 heteroatoms. The maximum Gasteiger partial charge on any atom is 0.355 e. The lowest BCUT2D eigenvalue weighted by Crippen LogP contribution is -3.00. The van der Waals surface area contributed by atoms with Crippen molar-refractivity contribution in [3.8, 4) is 22.6 Å². The van der Waals surface area contributed by atoms with Crippen molar-refractivity contribution in [2.75, 3.05) is 20.3 Å². The van der Waals surface area contributed by atoms with Gasteiger partial charge in [0.25, 0.3) is 6.61 Å². The molecule has 4 nitrogen and oxygen atoms in total. The molecule has 0 aliphatic rings. The van der Waals surface area contributed by atoms with Gasteiger partial charge in [0.05, 0.1) is 25.2 Å². The Balaban J connectivity index is 0.00000261. The molecular formula is C22H25ClO4. The van der Waals surface area contributed by atoms with Gasteiger partial charge in [0.1, 0.15) is 28.4 Å². The van der Waals surface area contributed by atoms with E-state index in [1.54, 1.807) is 7.11 Å². The summed E-state index contributed by atoms with van der Waals surface area (Å²) >= 11 is 0. The number of benzene rings is 1. The maximum absolute atomic E-state index is 5.97. The van der Waals surface area contributed by atoms with Gasteiger partial charge in [-0.3, -0.25) is 4.42 Å². The van der Waals surface area contributed by atoms with E-state index < -0.39 is 0 Å². The number of rotatable bonds is 5. The monoisotopic (exact) mass is 388 g/mol. The highest BCUT2D eigenvalue weighted by atomic mass is 35.5. The molecule has 0 fully saturated rings. The molecule has 0 amide bonds. The minimum absolute atomic E-state index is 0. The Hall–Kier alpha value is -2.46. The highest BCUT2D eigenvalue weighted by Crippen LogP contribution is 2.33. The van der Waals surface area contributed by atoms with Crippen molar-refractivity contribution >= 4 is 10.8 Å². The van der Waals surface area contributed by atoms with Crippen molar-refractivity contribution in [2.45, 2.75) is 27.7 Å². The smallest absolute Gasteiger partial charge is 0.355 e. The van der Waals surface area contributed by atoms with Crippen LogP contribution in [0.5, 0.6) is 11.5 Å². The van der Waals surface area contributed by atoms with Gasteiger partial charge in [0.15, 0.2) is 0 Å². The SMILES string of the molecule is CCOc1cc(-c2ccc(OC)cc2)cc(=[O+]CC)c2c(C)oc(C)c12.[Cl-]. The van der Waals surface area contributed by atoms with Crippen LogP contribution >= 0.6 is 0 Å². The molecule has 144 valence electrons. The summed E-state index contributed by atoms with van der Waals surface area (Å²) in [5.74, 6) is 3.29. The van der Waals surface area contributed by atoms with Crippen molar-refractivity contribution in [2.24, 2.45) is 0 Å². The van der Waals surface area contributed by atoms with Crippen molar-refractivity contribution in [1.29, 1.82) is 0 Å². The number of aryl methyl sites for hydroxylation is 2. The van der Waals surface area contributed by atoms with Gasteiger partial charge in [-0.1, -0.05) is 12.1 Å². The number of halogens is 1. The summed E-state index contributed by atoms with van der Waals surface area (Å²) in [6, 6.07) is 12.1. The summed E-state index contributed by atoms with van der Waals surface area (Å²) in [6.07, 6.45) is 0. The maximum atomic E-state index is 5.97. The topological polar surface area (TPSA) is 42.9 Å². The van der Waals surface area contributed by atoms with Crippen molar-refractivity contribution in [3.05, 3.63) is 57.8 Å². The van der Waals surface area contributed by atoms with Crippen LogP contribution in [0.2, 0.25) is 0 Å². The molecule has 0 bridgehead atoms. The van der Waals surface area contributed by atoms with Crippen LogP contribution in [0, 0.1) is 13.8 Å². The molecule has 3 rings (SSSR count). The van der Waals surface area contributed by atoms with Crippen LogP contribution in [0.25, 0.3) is 21.9 Å². The predicted molar refractivity (Wildman–Crippen MR) is 106 cm³/mol. The number of hydrogen-bond donors (Lipinski definition) is 0. The zero-order valence-electron chi connectivity index (χ0n) is 16.4. The molecule has 0 N–H and O–H groups in total. The molecule has 0 aliphatic heterocycles. The Morgan fingerprint density at radius 3 is 2.19 bits per heavy atom. The van der Waals surface area contributed by atoms with Gasteiger partial charge < -0.3 is 26.3 Å². The standard InChI is InChI=1S/C22H25O4.ClH/c1-6-24-19-12-17(16-8-10-18(23-5)11-9-16)13-20(25-7-2)22-15(4)26-14(3)21(19)22;/h8-13H,6-7H2,1-5H3;1H/q+1;/p-1. The Morgan fingerprint density at radius 1 is 0.926 bits per heavy atom. The molecule has 0 saturated heterocycles. The highest BCUT2D eigenvalue weighted by molar-refractivity contribution is 5.93. The van der Waals surface area contributed by atoms with Gasteiger partial charge in [0.2, 0.25) is 0 Å². The summed E-state index contributed by atoms with van der Waals surface area (Å²) in [6.45, 7) is 9.04. The molecule has 1 heterocycles. The van der Waals surface area contributed by atoms with E-state index >= 15 is 0 Å². The normalized spacial score (nSPS) is 11.4. The fourth-order valence-electron chi connectivity index (χ4n) is 3.23. The second kappa shape index (κ2) is 8.96. The summed E-state index contributed by atoms with van der Waals surface area (Å²) < 4.78 is 23.1. The predicted octanol–water partition coefficient (Wildman–Crippen LogP) is 2.04. The Bertz CT molecular complexity index is 988. The third kappa shape index (κ3) is 4.11. The van der Waals surface area contributed by atoms with E-state index in [0.29, 0.717) is 13.2 Å². The molecule has 0 atom stereocenters. The first-order valence-corrected chi connectivity index (χ1v) is 8.90. The average Bonchev–Trinajstić information content (AvgIpc) is 2.83. The molecule has 2 aromatic carbocycles. The third-order valence-electron chi connectivity index (χ3n) is 4.35. The van der Waals surface area contributed by atoms with Crippen LogP contribution in [-0.4, -0.2) is 20.3 Å². The summed E-state index contributed by atoms with van der Waals surface area (Å²) in [4.78, 5) is 0. The van der Waals surface area contributed by atoms with Crippen LogP contribution in [0.1, 0.15) is 25.4 Å². The summed E-state index contributed by atoms with van der Waals surface area (Å²) in [7, 11) is 1.67. The van der Waals surface area contributed by atoms with Crippen LogP contribution in [0.3, 0.4) is 0 Å². The van der Waals surface area contributed by atoms with Crippen molar-refractivity contribution in [1.82, 2.24) is 0 Å². The van der Waals surface area contributed by atoms with Gasteiger partial charge >= 0.3 is 5.43 Å². The summed E-state index contributed by atoms with van der Waals surface area (Å²) in [5, 5.41) is 1.93. The minimum atomic E-state index is 0. The average molecular weight is 389 g/mol. The van der Waals surface area contributed by atoms with E-state index in [-0.39, 0.29) is 12.4 Å². The van der Waals surface area contributed by atoms with Crippen molar-refractivity contribution < 1.29 is 26.3 Å². The quantitative estimate of drug-likeness (QED) is 0.628. The molecule has 0 radical (unpaired) electrons. The van der Waals surface area contributed by atoms with Crippen LogP contribution in [0.4, 0.5) is 0 Å². The zero-order valence-corrected chi connectivity index (χ0v) is 17.1. The van der Waals surface area contributed by atoms with Gasteiger partial charge in [-0.15, -0.1) is 0 Å². The van der Waals surface area contributed by atoms with E-state index in [0.717, 1.165) is 50.3 Å². The van der Waals surface area contributed by atoms with E-state index in [2.05, 4.69) is 12.1 Å². The second-order valence-electron chi connectivity index (χ2n) is 6.03. The molecule has 27 heavy (non-hydrogen) atoms. The van der Waals surface area contributed by atoms with Gasteiger partial charge in [-0.05, 0) is 50.1 Å². The van der Waals surface area contributed by atoms with Crippen LogP contribution in [-0.2, 0) is 0 Å². The Labute approximate surface area is 165 Å². The first-order chi connectivity index (χ1) is 12.6. The van der Waals surface area contributed by atoms with Crippen LogP contribution in [0.15, 0.2) is 45.2 Å². The van der Waals surface area contributed by atoms with Gasteiger partial charge in [-0.25, -0.2) is 0 Å². The fourth-order valence-corrected chi connectivity index (χ4v) is 3.23. The van der Waals surface area contributed by atoms with Crippen LogP contribution < -0.4 is 27.3 Å². The molecule has 0 unspecified atom stereocenters. The second-order valence-corrected chi connectivity index (χ2v) is 6.03. The molecular weight excluding hydrogens is 364 g/mol. The molecule has 0 aliphatic carbocycles. The van der Waals surface area contributed by atoms with E-state index in [1.807, 2.05) is 52.0 Å². The molecule has 0 saturated carbocycles. The lowest BCUT2D eigenvalue weighted by Gasteiger charge is -2.05. The first-order valence-electron chi connectivity index (χ1n) is 8.90.